The van der Waals surface area contributed by atoms with Crippen LogP contribution in [0.2, 0.25) is 0 Å². The zero-order chi connectivity index (χ0) is 15.6. The van der Waals surface area contributed by atoms with E-state index in [-0.39, 0.29) is 22.9 Å². The Morgan fingerprint density at radius 3 is 2.30 bits per heavy atom. The number of carbonyl (C=O) groups is 1. The number of hydrogen-bond donors (Lipinski definition) is 2. The lowest BCUT2D eigenvalue weighted by Crippen LogP contribution is -2.45. The summed E-state index contributed by atoms with van der Waals surface area (Å²) in [5.41, 5.74) is 1.27. The highest BCUT2D eigenvalue weighted by Crippen LogP contribution is 2.15. The fraction of sp³-hybridized carbons (Fsp3) is 0.500. The van der Waals surface area contributed by atoms with Crippen molar-refractivity contribution < 1.29 is 13.2 Å². The smallest absolute Gasteiger partial charge is 0.241 e. The number of benzene rings is 1. The highest BCUT2D eigenvalue weighted by atomic mass is 32.2. The summed E-state index contributed by atoms with van der Waals surface area (Å²) in [5.74, 6) is -0.356. The summed E-state index contributed by atoms with van der Waals surface area (Å²) in [6.07, 6.45) is 0. The Morgan fingerprint density at radius 2 is 1.80 bits per heavy atom. The Balaban J connectivity index is 2.78. The highest BCUT2D eigenvalue weighted by molar-refractivity contribution is 7.89. The molecule has 1 aromatic rings. The Hall–Kier alpha value is -1.40. The van der Waals surface area contributed by atoms with Crippen LogP contribution in [0.25, 0.3) is 0 Å². The van der Waals surface area contributed by atoms with Gasteiger partial charge in [0, 0.05) is 5.54 Å². The monoisotopic (exact) mass is 298 g/mol. The van der Waals surface area contributed by atoms with Crippen molar-refractivity contribution in [1.82, 2.24) is 10.0 Å². The van der Waals surface area contributed by atoms with Gasteiger partial charge in [0.1, 0.15) is 0 Å². The van der Waals surface area contributed by atoms with Gasteiger partial charge >= 0.3 is 0 Å². The molecule has 0 heterocycles. The third-order valence-electron chi connectivity index (χ3n) is 2.56. The quantitative estimate of drug-likeness (QED) is 0.884. The molecular weight excluding hydrogens is 276 g/mol. The normalized spacial score (nSPS) is 12.2. The molecule has 0 aliphatic heterocycles. The van der Waals surface area contributed by atoms with Gasteiger partial charge in [0.15, 0.2) is 0 Å². The first kappa shape index (κ1) is 16.7. The Labute approximate surface area is 120 Å². The molecule has 112 valence electrons. The van der Waals surface area contributed by atoms with Gasteiger partial charge in [0.25, 0.3) is 0 Å². The molecule has 0 fully saturated rings. The summed E-state index contributed by atoms with van der Waals surface area (Å²) in [5, 5.41) is 2.70. The van der Waals surface area contributed by atoms with Crippen LogP contribution in [0.15, 0.2) is 23.1 Å². The van der Waals surface area contributed by atoms with Crippen LogP contribution in [0.5, 0.6) is 0 Å². The van der Waals surface area contributed by atoms with E-state index in [1.807, 2.05) is 27.7 Å². The lowest BCUT2D eigenvalue weighted by atomic mass is 10.1. The van der Waals surface area contributed by atoms with Gasteiger partial charge < -0.3 is 5.32 Å². The van der Waals surface area contributed by atoms with Crippen LogP contribution in [0.3, 0.4) is 0 Å². The minimum Gasteiger partial charge on any atom is -0.350 e. The second-order valence-electron chi connectivity index (χ2n) is 5.89. The van der Waals surface area contributed by atoms with Crippen LogP contribution in [0.4, 0.5) is 0 Å². The van der Waals surface area contributed by atoms with E-state index < -0.39 is 10.0 Å². The molecule has 0 aliphatic carbocycles. The highest BCUT2D eigenvalue weighted by Gasteiger charge is 2.19. The van der Waals surface area contributed by atoms with Crippen molar-refractivity contribution in [2.24, 2.45) is 0 Å². The molecule has 0 unspecified atom stereocenters. The maximum Gasteiger partial charge on any atom is 0.241 e. The second-order valence-corrected chi connectivity index (χ2v) is 7.63. The molecule has 1 amide bonds. The van der Waals surface area contributed by atoms with Crippen LogP contribution in [-0.2, 0) is 14.8 Å². The van der Waals surface area contributed by atoms with Gasteiger partial charge in [0.05, 0.1) is 11.4 Å². The Morgan fingerprint density at radius 1 is 1.20 bits per heavy atom. The minimum atomic E-state index is -3.67. The molecule has 0 bridgehead atoms. The van der Waals surface area contributed by atoms with E-state index in [9.17, 15) is 13.2 Å². The van der Waals surface area contributed by atoms with Gasteiger partial charge in [0.2, 0.25) is 15.9 Å². The molecule has 0 aromatic heterocycles. The predicted octanol–water partition coefficient (Wildman–Crippen LogP) is 1.50. The molecular formula is C14H22N2O3S. The zero-order valence-electron chi connectivity index (χ0n) is 12.6. The molecule has 5 nitrogen and oxygen atoms in total. The van der Waals surface area contributed by atoms with Crippen molar-refractivity contribution in [3.8, 4) is 0 Å². The molecule has 6 heteroatoms. The van der Waals surface area contributed by atoms with Crippen LogP contribution < -0.4 is 10.0 Å². The summed E-state index contributed by atoms with van der Waals surface area (Å²) < 4.78 is 26.6. The average molecular weight is 298 g/mol. The van der Waals surface area contributed by atoms with Gasteiger partial charge in [-0.05, 0) is 46.2 Å². The predicted molar refractivity (Wildman–Crippen MR) is 79.0 cm³/mol. The van der Waals surface area contributed by atoms with Crippen LogP contribution in [-0.4, -0.2) is 26.4 Å². The number of carbonyl (C=O) groups excluding carboxylic acids is 1. The van der Waals surface area contributed by atoms with Gasteiger partial charge in [-0.15, -0.1) is 0 Å². The number of sulfonamides is 1. The van der Waals surface area contributed by atoms with Crippen molar-refractivity contribution in [2.75, 3.05) is 6.54 Å². The summed E-state index contributed by atoms with van der Waals surface area (Å²) in [6.45, 7) is 8.87. The van der Waals surface area contributed by atoms with Gasteiger partial charge in [-0.2, -0.15) is 0 Å². The number of rotatable bonds is 4. The van der Waals surface area contributed by atoms with Crippen LogP contribution >= 0.6 is 0 Å². The lowest BCUT2D eigenvalue weighted by molar-refractivity contribution is -0.121. The summed E-state index contributed by atoms with van der Waals surface area (Å²) in [7, 11) is -3.67. The van der Waals surface area contributed by atoms with E-state index in [2.05, 4.69) is 10.0 Å². The fourth-order valence-corrected chi connectivity index (χ4v) is 3.01. The molecule has 1 rings (SSSR count). The number of aryl methyl sites for hydroxylation is 2. The van der Waals surface area contributed by atoms with Gasteiger partial charge in [-0.3, -0.25) is 4.79 Å². The Bertz CT molecular complexity index is 601. The molecule has 1 aromatic carbocycles. The van der Waals surface area contributed by atoms with E-state index in [4.69, 9.17) is 0 Å². The van der Waals surface area contributed by atoms with Crippen molar-refractivity contribution in [1.29, 1.82) is 0 Å². The molecule has 0 spiro atoms. The third kappa shape index (κ3) is 4.94. The van der Waals surface area contributed by atoms with E-state index in [0.29, 0.717) is 5.56 Å². The first-order valence-electron chi connectivity index (χ1n) is 6.39. The maximum absolute atomic E-state index is 12.1. The molecule has 0 radical (unpaired) electrons. The van der Waals surface area contributed by atoms with E-state index in [1.54, 1.807) is 25.1 Å². The van der Waals surface area contributed by atoms with Crippen molar-refractivity contribution >= 4 is 15.9 Å². The van der Waals surface area contributed by atoms with Crippen LogP contribution in [0.1, 0.15) is 31.9 Å². The molecule has 0 aliphatic rings. The summed E-state index contributed by atoms with van der Waals surface area (Å²) >= 11 is 0. The molecule has 0 saturated carbocycles. The molecule has 2 N–H and O–H groups in total. The topological polar surface area (TPSA) is 75.3 Å². The van der Waals surface area contributed by atoms with Crippen molar-refractivity contribution in [2.45, 2.75) is 45.1 Å². The van der Waals surface area contributed by atoms with E-state index in [1.165, 1.54) is 0 Å². The SMILES string of the molecule is Cc1ccc(S(=O)(=O)NCC(=O)NC(C)(C)C)c(C)c1. The summed E-state index contributed by atoms with van der Waals surface area (Å²) in [6, 6.07) is 5.08. The second kappa shape index (κ2) is 5.93. The average Bonchev–Trinajstić information content (AvgIpc) is 2.23. The first-order chi connectivity index (χ1) is 9.01. The first-order valence-corrected chi connectivity index (χ1v) is 7.87. The maximum atomic E-state index is 12.1. The summed E-state index contributed by atoms with van der Waals surface area (Å²) in [4.78, 5) is 11.8. The fourth-order valence-electron chi connectivity index (χ4n) is 1.80. The molecule has 0 saturated heterocycles. The van der Waals surface area contributed by atoms with Gasteiger partial charge in [-0.1, -0.05) is 17.7 Å². The zero-order valence-corrected chi connectivity index (χ0v) is 13.4. The third-order valence-corrected chi connectivity index (χ3v) is 4.12. The van der Waals surface area contributed by atoms with Crippen molar-refractivity contribution in [3.63, 3.8) is 0 Å². The molecule has 0 atom stereocenters. The van der Waals surface area contributed by atoms with E-state index in [0.717, 1.165) is 5.56 Å². The van der Waals surface area contributed by atoms with Crippen molar-refractivity contribution in [3.05, 3.63) is 29.3 Å². The minimum absolute atomic E-state index is 0.201. The number of hydrogen-bond acceptors (Lipinski definition) is 3. The number of amides is 1. The lowest BCUT2D eigenvalue weighted by Gasteiger charge is -2.20. The van der Waals surface area contributed by atoms with Gasteiger partial charge in [-0.25, -0.2) is 13.1 Å². The van der Waals surface area contributed by atoms with E-state index >= 15 is 0 Å². The van der Waals surface area contributed by atoms with Crippen LogP contribution in [0, 0.1) is 13.8 Å². The Kier molecular flexibility index (Phi) is 4.94. The number of nitrogens with one attached hydrogen (secondary N) is 2. The largest absolute Gasteiger partial charge is 0.350 e. The standard InChI is InChI=1S/C14H22N2O3S/c1-10-6-7-12(11(2)8-10)20(18,19)15-9-13(17)16-14(3,4)5/h6-8,15H,9H2,1-5H3,(H,16,17). The molecule has 20 heavy (non-hydrogen) atoms.